The van der Waals surface area contributed by atoms with Crippen molar-refractivity contribution in [3.05, 3.63) is 58.5 Å². The number of carbonyl (C=O) groups excluding carboxylic acids is 2. The number of anilines is 1. The molecule has 156 valence electrons. The van der Waals surface area contributed by atoms with E-state index in [0.29, 0.717) is 22.7 Å². The zero-order valence-electron chi connectivity index (χ0n) is 17.0. The van der Waals surface area contributed by atoms with E-state index < -0.39 is 0 Å². The molecule has 0 atom stereocenters. The van der Waals surface area contributed by atoms with Gasteiger partial charge in [-0.3, -0.25) is 9.59 Å². The average molecular weight is 425 g/mol. The monoisotopic (exact) mass is 424 g/mol. The Kier molecular flexibility index (Phi) is 6.40. The Morgan fingerprint density at radius 1 is 1.23 bits per heavy atom. The molecule has 30 heavy (non-hydrogen) atoms. The normalized spacial score (nSPS) is 17.5. The number of hydrogen-bond donors (Lipinski definition) is 3. The third kappa shape index (κ3) is 4.86. The molecule has 4 rings (SSSR count). The smallest absolute Gasteiger partial charge is 0.262 e. The lowest BCUT2D eigenvalue weighted by Gasteiger charge is -2.19. The number of carbonyl (C=O) groups is 2. The van der Waals surface area contributed by atoms with Gasteiger partial charge >= 0.3 is 0 Å². The highest BCUT2D eigenvalue weighted by Crippen LogP contribution is 2.39. The number of hydrogen-bond acceptors (Lipinski definition) is 4. The van der Waals surface area contributed by atoms with Crippen molar-refractivity contribution < 1.29 is 19.2 Å². The van der Waals surface area contributed by atoms with Gasteiger partial charge in [0.25, 0.3) is 11.8 Å². The summed E-state index contributed by atoms with van der Waals surface area (Å²) in [6.45, 7) is 4.02. The van der Waals surface area contributed by atoms with Gasteiger partial charge in [-0.1, -0.05) is 23.9 Å². The second-order valence-electron chi connectivity index (χ2n) is 7.52. The molecular weight excluding hydrogens is 398 g/mol. The number of benzene rings is 2. The van der Waals surface area contributed by atoms with Gasteiger partial charge in [-0.15, -0.1) is 0 Å². The molecule has 0 aliphatic carbocycles. The maximum absolute atomic E-state index is 12.6. The summed E-state index contributed by atoms with van der Waals surface area (Å²) < 4.78 is 5.24. The number of methoxy groups -OCH3 is 1. The molecule has 0 unspecified atom stereocenters. The van der Waals surface area contributed by atoms with Crippen LogP contribution >= 0.6 is 11.8 Å². The van der Waals surface area contributed by atoms with Gasteiger partial charge in [0.05, 0.1) is 43.9 Å². The second kappa shape index (κ2) is 9.36. The first-order chi connectivity index (χ1) is 14.6. The minimum atomic E-state index is -0.175. The molecule has 0 bridgehead atoms. The molecule has 0 aromatic heterocycles. The maximum atomic E-state index is 12.6. The number of amides is 2. The summed E-state index contributed by atoms with van der Waals surface area (Å²) in [5.74, 6) is 0.465. The van der Waals surface area contributed by atoms with E-state index in [4.69, 9.17) is 4.74 Å². The van der Waals surface area contributed by atoms with Crippen LogP contribution in [0.5, 0.6) is 5.75 Å². The molecular formula is C23H26N3O3S+. The third-order valence-corrected chi connectivity index (χ3v) is 6.50. The number of quaternary nitrogens is 1. The zero-order chi connectivity index (χ0) is 20.9. The van der Waals surface area contributed by atoms with Crippen molar-refractivity contribution in [2.75, 3.05) is 38.6 Å². The molecule has 2 amide bonds. The van der Waals surface area contributed by atoms with Gasteiger partial charge in [0.1, 0.15) is 5.75 Å². The second-order valence-corrected chi connectivity index (χ2v) is 8.60. The fourth-order valence-electron chi connectivity index (χ4n) is 3.76. The van der Waals surface area contributed by atoms with Gasteiger partial charge in [0.2, 0.25) is 0 Å². The van der Waals surface area contributed by atoms with Gasteiger partial charge in [-0.05, 0) is 42.0 Å². The predicted octanol–water partition coefficient (Wildman–Crippen LogP) is 2.19. The van der Waals surface area contributed by atoms with Crippen LogP contribution in [0.2, 0.25) is 0 Å². The van der Waals surface area contributed by atoms with Crippen molar-refractivity contribution in [1.29, 1.82) is 0 Å². The molecule has 0 saturated carbocycles. The summed E-state index contributed by atoms with van der Waals surface area (Å²) in [6.07, 6.45) is 4.40. The van der Waals surface area contributed by atoms with Gasteiger partial charge in [-0.25, -0.2) is 0 Å². The fraction of sp³-hybridized carbons (Fsp3) is 0.304. The summed E-state index contributed by atoms with van der Waals surface area (Å²) in [4.78, 5) is 28.1. The van der Waals surface area contributed by atoms with Crippen LogP contribution in [0.15, 0.2) is 52.3 Å². The number of ether oxygens (including phenoxy) is 1. The lowest BCUT2D eigenvalue weighted by atomic mass is 10.1. The zero-order valence-corrected chi connectivity index (χ0v) is 17.8. The van der Waals surface area contributed by atoms with Crippen molar-refractivity contribution in [2.24, 2.45) is 0 Å². The third-order valence-electron chi connectivity index (χ3n) is 5.40. The predicted molar refractivity (Wildman–Crippen MR) is 119 cm³/mol. The van der Waals surface area contributed by atoms with Crippen LogP contribution in [-0.4, -0.2) is 45.1 Å². The Labute approximate surface area is 180 Å². The molecule has 1 saturated heterocycles. The minimum Gasteiger partial charge on any atom is -0.497 e. The quantitative estimate of drug-likeness (QED) is 0.622. The fourth-order valence-corrected chi connectivity index (χ4v) is 4.70. The van der Waals surface area contributed by atoms with Crippen molar-refractivity contribution in [3.8, 4) is 5.75 Å². The lowest BCUT2D eigenvalue weighted by Crippen LogP contribution is -3.10. The van der Waals surface area contributed by atoms with Crippen LogP contribution < -0.4 is 20.3 Å². The Bertz CT molecular complexity index is 983. The number of rotatable bonds is 6. The number of fused-ring (bicyclic) bond motifs is 1. The summed E-state index contributed by atoms with van der Waals surface area (Å²) in [5.41, 5.74) is 2.13. The van der Waals surface area contributed by atoms with E-state index in [2.05, 4.69) is 10.6 Å². The van der Waals surface area contributed by atoms with Crippen molar-refractivity contribution >= 4 is 35.3 Å². The first-order valence-electron chi connectivity index (χ1n) is 10.2. The highest BCUT2D eigenvalue weighted by atomic mass is 32.2. The maximum Gasteiger partial charge on any atom is 0.262 e. The van der Waals surface area contributed by atoms with Crippen molar-refractivity contribution in [2.45, 2.75) is 17.7 Å². The first kappa shape index (κ1) is 20.5. The van der Waals surface area contributed by atoms with E-state index in [0.717, 1.165) is 22.8 Å². The van der Waals surface area contributed by atoms with Crippen LogP contribution in [-0.2, 0) is 4.79 Å². The first-order valence-corrected chi connectivity index (χ1v) is 11.0. The minimum absolute atomic E-state index is 0.103. The Morgan fingerprint density at radius 3 is 2.87 bits per heavy atom. The molecule has 0 spiro atoms. The van der Waals surface area contributed by atoms with Crippen molar-refractivity contribution in [1.82, 2.24) is 5.32 Å². The van der Waals surface area contributed by atoms with E-state index in [9.17, 15) is 9.59 Å². The lowest BCUT2D eigenvalue weighted by molar-refractivity contribution is -0.886. The van der Waals surface area contributed by atoms with Crippen LogP contribution in [0.4, 0.5) is 5.69 Å². The highest BCUT2D eigenvalue weighted by molar-refractivity contribution is 8.04. The molecule has 6 nitrogen and oxygen atoms in total. The van der Waals surface area contributed by atoms with Gasteiger partial charge in [0.15, 0.2) is 0 Å². The molecule has 7 heteroatoms. The molecule has 0 radical (unpaired) electrons. The number of nitrogens with one attached hydrogen (secondary N) is 3. The van der Waals surface area contributed by atoms with E-state index >= 15 is 0 Å². The molecule has 2 heterocycles. The van der Waals surface area contributed by atoms with Crippen LogP contribution in [0.25, 0.3) is 6.08 Å². The average Bonchev–Trinajstić information content (AvgIpc) is 3.27. The van der Waals surface area contributed by atoms with Crippen LogP contribution in [0, 0.1) is 0 Å². The summed E-state index contributed by atoms with van der Waals surface area (Å²) in [5, 5.41) is 5.91. The Balaban J connectivity index is 1.42. The largest absolute Gasteiger partial charge is 0.497 e. The van der Waals surface area contributed by atoms with Crippen molar-refractivity contribution in [3.63, 3.8) is 0 Å². The Morgan fingerprint density at radius 2 is 2.07 bits per heavy atom. The van der Waals surface area contributed by atoms with E-state index in [-0.39, 0.29) is 11.8 Å². The molecule has 2 aromatic rings. The summed E-state index contributed by atoms with van der Waals surface area (Å²) in [7, 11) is 1.62. The topological polar surface area (TPSA) is 71.9 Å². The summed E-state index contributed by atoms with van der Waals surface area (Å²) in [6, 6.07) is 13.0. The SMILES string of the molecule is COc1cccc(C=C2Sc3ccc(C(=O)NCC[NH+]4CCCC4)cc3NC2=O)c1. The number of likely N-dealkylation sites (tertiary alicyclic amines) is 1. The number of thioether (sulfide) groups is 1. The molecule has 2 aliphatic heterocycles. The standard InChI is InChI=1S/C23H25N3O3S/c1-29-18-6-4-5-16(13-18)14-21-23(28)25-19-15-17(7-8-20(19)30-21)22(27)24-9-12-26-10-2-3-11-26/h4-8,13-15H,2-3,9-12H2,1H3,(H,24,27)(H,25,28)/p+1. The van der Waals surface area contributed by atoms with Gasteiger partial charge in [0, 0.05) is 23.3 Å². The summed E-state index contributed by atoms with van der Waals surface area (Å²) >= 11 is 1.40. The molecule has 3 N–H and O–H groups in total. The Hall–Kier alpha value is -2.77. The molecule has 2 aliphatic rings. The highest BCUT2D eigenvalue weighted by Gasteiger charge is 2.22. The van der Waals surface area contributed by atoms with Gasteiger partial charge in [-0.2, -0.15) is 0 Å². The van der Waals surface area contributed by atoms with E-state index in [1.54, 1.807) is 18.1 Å². The van der Waals surface area contributed by atoms with Gasteiger partial charge < -0.3 is 20.3 Å². The van der Waals surface area contributed by atoms with E-state index in [1.807, 2.05) is 42.5 Å². The molecule has 1 fully saturated rings. The van der Waals surface area contributed by atoms with Crippen LogP contribution in [0.1, 0.15) is 28.8 Å². The molecule has 2 aromatic carbocycles. The van der Waals surface area contributed by atoms with Crippen LogP contribution in [0.3, 0.4) is 0 Å². The van der Waals surface area contributed by atoms with E-state index in [1.165, 1.54) is 37.7 Å².